The standard InChI is InChI=1S/C18H19FN2O2/c1-21(11-14-3-6-16(19)9-15(14)10-20)18(12-22)13-4-7-17(23-2)8-5-13/h3-9,18,22H,11-12H2,1-2H3. The van der Waals surface area contributed by atoms with Crippen molar-refractivity contribution < 1.29 is 14.2 Å². The molecule has 1 atom stereocenters. The molecule has 0 saturated carbocycles. The summed E-state index contributed by atoms with van der Waals surface area (Å²) in [7, 11) is 3.46. The molecule has 0 heterocycles. The summed E-state index contributed by atoms with van der Waals surface area (Å²) in [6.07, 6.45) is 0. The molecule has 0 bridgehead atoms. The monoisotopic (exact) mass is 314 g/mol. The lowest BCUT2D eigenvalue weighted by atomic mass is 10.0. The van der Waals surface area contributed by atoms with Crippen LogP contribution in [0, 0.1) is 17.1 Å². The molecular formula is C18H19FN2O2. The van der Waals surface area contributed by atoms with Gasteiger partial charge in [-0.1, -0.05) is 18.2 Å². The predicted octanol–water partition coefficient (Wildman–Crippen LogP) is 2.87. The lowest BCUT2D eigenvalue weighted by molar-refractivity contribution is 0.142. The van der Waals surface area contributed by atoms with Gasteiger partial charge in [0.15, 0.2) is 0 Å². The third-order valence-corrected chi connectivity index (χ3v) is 3.82. The molecule has 5 heteroatoms. The lowest BCUT2D eigenvalue weighted by Crippen LogP contribution is -2.27. The van der Waals surface area contributed by atoms with Crippen LogP contribution in [0.4, 0.5) is 4.39 Å². The second kappa shape index (κ2) is 7.73. The fraction of sp³-hybridized carbons (Fsp3) is 0.278. The van der Waals surface area contributed by atoms with E-state index in [1.54, 1.807) is 13.2 Å². The van der Waals surface area contributed by atoms with Gasteiger partial charge >= 0.3 is 0 Å². The molecule has 23 heavy (non-hydrogen) atoms. The van der Waals surface area contributed by atoms with E-state index in [9.17, 15) is 9.50 Å². The van der Waals surface area contributed by atoms with Gasteiger partial charge in [0.1, 0.15) is 11.6 Å². The zero-order chi connectivity index (χ0) is 16.8. The van der Waals surface area contributed by atoms with Crippen molar-refractivity contribution in [2.45, 2.75) is 12.6 Å². The quantitative estimate of drug-likeness (QED) is 0.891. The fourth-order valence-corrected chi connectivity index (χ4v) is 2.49. The second-order valence-electron chi connectivity index (χ2n) is 5.30. The van der Waals surface area contributed by atoms with Gasteiger partial charge in [-0.05, 0) is 42.4 Å². The van der Waals surface area contributed by atoms with Gasteiger partial charge in [-0.3, -0.25) is 4.90 Å². The van der Waals surface area contributed by atoms with Gasteiger partial charge < -0.3 is 9.84 Å². The van der Waals surface area contributed by atoms with E-state index in [2.05, 4.69) is 0 Å². The number of halogens is 1. The minimum absolute atomic E-state index is 0.0636. The molecule has 0 fully saturated rings. The van der Waals surface area contributed by atoms with Gasteiger partial charge in [0.05, 0.1) is 31.4 Å². The van der Waals surface area contributed by atoms with Crippen molar-refractivity contribution >= 4 is 0 Å². The van der Waals surface area contributed by atoms with E-state index in [-0.39, 0.29) is 12.6 Å². The minimum Gasteiger partial charge on any atom is -0.497 e. The second-order valence-corrected chi connectivity index (χ2v) is 5.30. The molecule has 4 nitrogen and oxygen atoms in total. The number of aliphatic hydroxyl groups is 1. The number of rotatable bonds is 6. The Labute approximate surface area is 135 Å². The molecule has 120 valence electrons. The van der Waals surface area contributed by atoms with Crippen LogP contribution in [-0.2, 0) is 6.54 Å². The highest BCUT2D eigenvalue weighted by Gasteiger charge is 2.18. The molecule has 0 aliphatic carbocycles. The first-order chi connectivity index (χ1) is 11.1. The van der Waals surface area contributed by atoms with Crippen LogP contribution in [0.5, 0.6) is 5.75 Å². The molecule has 2 aromatic rings. The van der Waals surface area contributed by atoms with Crippen molar-refractivity contribution in [1.82, 2.24) is 4.90 Å². The molecular weight excluding hydrogens is 295 g/mol. The molecule has 0 radical (unpaired) electrons. The summed E-state index contributed by atoms with van der Waals surface area (Å²) in [5.74, 6) is 0.320. The first kappa shape index (κ1) is 16.9. The molecule has 0 saturated heterocycles. The number of benzene rings is 2. The number of nitrogens with zero attached hydrogens (tertiary/aromatic N) is 2. The Morgan fingerprint density at radius 3 is 2.52 bits per heavy atom. The highest BCUT2D eigenvalue weighted by atomic mass is 19.1. The molecule has 0 aliphatic heterocycles. The van der Waals surface area contributed by atoms with Crippen LogP contribution in [0.2, 0.25) is 0 Å². The fourth-order valence-electron chi connectivity index (χ4n) is 2.49. The van der Waals surface area contributed by atoms with E-state index in [1.165, 1.54) is 12.1 Å². The third-order valence-electron chi connectivity index (χ3n) is 3.82. The molecule has 2 rings (SSSR count). The number of methoxy groups -OCH3 is 1. The molecule has 1 N–H and O–H groups in total. The Morgan fingerprint density at radius 2 is 1.96 bits per heavy atom. The van der Waals surface area contributed by atoms with Crippen molar-refractivity contribution in [3.05, 3.63) is 65.0 Å². The maximum Gasteiger partial charge on any atom is 0.124 e. The summed E-state index contributed by atoms with van der Waals surface area (Å²) in [6, 6.07) is 13.4. The Morgan fingerprint density at radius 1 is 1.26 bits per heavy atom. The normalized spacial score (nSPS) is 12.0. The molecule has 1 unspecified atom stereocenters. The van der Waals surface area contributed by atoms with Crippen molar-refractivity contribution in [3.8, 4) is 11.8 Å². The van der Waals surface area contributed by atoms with E-state index in [1.807, 2.05) is 42.3 Å². The Bertz CT molecular complexity index is 695. The largest absolute Gasteiger partial charge is 0.497 e. The van der Waals surface area contributed by atoms with Crippen LogP contribution in [-0.4, -0.2) is 30.8 Å². The molecule has 0 aromatic heterocycles. The van der Waals surface area contributed by atoms with Crippen LogP contribution in [0.3, 0.4) is 0 Å². The van der Waals surface area contributed by atoms with Crippen molar-refractivity contribution in [1.29, 1.82) is 5.26 Å². The highest BCUT2D eigenvalue weighted by molar-refractivity contribution is 5.38. The molecule has 0 aliphatic rings. The molecule has 0 amide bonds. The van der Waals surface area contributed by atoms with Crippen molar-refractivity contribution in [2.24, 2.45) is 0 Å². The average Bonchev–Trinajstić information content (AvgIpc) is 2.57. The summed E-state index contributed by atoms with van der Waals surface area (Å²) in [6.45, 7) is 0.367. The Kier molecular flexibility index (Phi) is 5.69. The summed E-state index contributed by atoms with van der Waals surface area (Å²) in [4.78, 5) is 1.93. The van der Waals surface area contributed by atoms with Crippen LogP contribution < -0.4 is 4.74 Å². The van der Waals surface area contributed by atoms with E-state index >= 15 is 0 Å². The summed E-state index contributed by atoms with van der Waals surface area (Å²) in [5.41, 5.74) is 1.98. The van der Waals surface area contributed by atoms with Gasteiger partial charge in [-0.25, -0.2) is 4.39 Å². The summed E-state index contributed by atoms with van der Waals surface area (Å²) >= 11 is 0. The van der Waals surface area contributed by atoms with Crippen molar-refractivity contribution in [3.63, 3.8) is 0 Å². The number of ether oxygens (including phenoxy) is 1. The number of hydrogen-bond acceptors (Lipinski definition) is 4. The molecule has 0 spiro atoms. The summed E-state index contributed by atoms with van der Waals surface area (Å²) in [5, 5.41) is 18.9. The Balaban J connectivity index is 2.20. The topological polar surface area (TPSA) is 56.5 Å². The highest BCUT2D eigenvalue weighted by Crippen LogP contribution is 2.24. The van der Waals surface area contributed by atoms with Crippen LogP contribution in [0.1, 0.15) is 22.7 Å². The SMILES string of the molecule is COc1ccc(C(CO)N(C)Cc2ccc(F)cc2C#N)cc1. The van der Waals surface area contributed by atoms with Crippen LogP contribution in [0.25, 0.3) is 0 Å². The lowest BCUT2D eigenvalue weighted by Gasteiger charge is -2.27. The van der Waals surface area contributed by atoms with Gasteiger partial charge in [-0.2, -0.15) is 5.26 Å². The van der Waals surface area contributed by atoms with E-state index in [0.717, 1.165) is 16.9 Å². The van der Waals surface area contributed by atoms with E-state index < -0.39 is 5.82 Å². The maximum absolute atomic E-state index is 13.2. The van der Waals surface area contributed by atoms with Crippen molar-refractivity contribution in [2.75, 3.05) is 20.8 Å². The van der Waals surface area contributed by atoms with Crippen LogP contribution >= 0.6 is 0 Å². The van der Waals surface area contributed by atoms with E-state index in [4.69, 9.17) is 10.00 Å². The Hall–Kier alpha value is -2.42. The van der Waals surface area contributed by atoms with E-state index in [0.29, 0.717) is 12.1 Å². The predicted molar refractivity (Wildman–Crippen MR) is 85.4 cm³/mol. The summed E-state index contributed by atoms with van der Waals surface area (Å²) < 4.78 is 18.3. The number of aliphatic hydroxyl groups excluding tert-OH is 1. The van der Waals surface area contributed by atoms with Gasteiger partial charge in [0.2, 0.25) is 0 Å². The number of likely N-dealkylation sites (N-methyl/N-ethyl adjacent to an activating group) is 1. The maximum atomic E-state index is 13.2. The van der Waals surface area contributed by atoms with Gasteiger partial charge in [0, 0.05) is 6.54 Å². The van der Waals surface area contributed by atoms with Gasteiger partial charge in [-0.15, -0.1) is 0 Å². The minimum atomic E-state index is -0.429. The first-order valence-corrected chi connectivity index (χ1v) is 7.22. The third kappa shape index (κ3) is 4.07. The number of nitriles is 1. The average molecular weight is 314 g/mol. The smallest absolute Gasteiger partial charge is 0.124 e. The number of hydrogen-bond donors (Lipinski definition) is 1. The van der Waals surface area contributed by atoms with Gasteiger partial charge in [0.25, 0.3) is 0 Å². The molecule has 2 aromatic carbocycles. The zero-order valence-electron chi connectivity index (χ0n) is 13.2. The van der Waals surface area contributed by atoms with Crippen LogP contribution in [0.15, 0.2) is 42.5 Å². The first-order valence-electron chi connectivity index (χ1n) is 7.22. The zero-order valence-corrected chi connectivity index (χ0v) is 13.2.